The SMILES string of the molecule is COC(=O)[C@@H]1C[C@H](CO[Si](c2ccccc2)(c2ccccc2)C(C)(C)C)OCN1C(=O)OC(C)(C)C. The van der Waals surface area contributed by atoms with E-state index in [9.17, 15) is 9.59 Å². The Labute approximate surface area is 215 Å². The lowest BCUT2D eigenvalue weighted by molar-refractivity contribution is -0.161. The summed E-state index contributed by atoms with van der Waals surface area (Å²) in [6.07, 6.45) is -0.747. The van der Waals surface area contributed by atoms with Crippen LogP contribution in [0.5, 0.6) is 0 Å². The summed E-state index contributed by atoms with van der Waals surface area (Å²) in [4.78, 5) is 26.7. The second-order valence-electron chi connectivity index (χ2n) is 11.1. The molecule has 3 rings (SSSR count). The zero-order chi connectivity index (χ0) is 26.6. The van der Waals surface area contributed by atoms with Gasteiger partial charge >= 0.3 is 12.1 Å². The molecular weight excluding hydrogens is 474 g/mol. The first-order chi connectivity index (χ1) is 16.9. The molecule has 7 nitrogen and oxygen atoms in total. The molecule has 196 valence electrons. The summed E-state index contributed by atoms with van der Waals surface area (Å²) in [5.74, 6) is -0.500. The molecule has 0 radical (unpaired) electrons. The van der Waals surface area contributed by atoms with E-state index in [-0.39, 0.29) is 24.8 Å². The van der Waals surface area contributed by atoms with Crippen LogP contribution >= 0.6 is 0 Å². The van der Waals surface area contributed by atoms with Crippen molar-refractivity contribution in [2.45, 2.75) is 70.7 Å². The van der Waals surface area contributed by atoms with Crippen LogP contribution in [0, 0.1) is 0 Å². The Kier molecular flexibility index (Phi) is 8.64. The Morgan fingerprint density at radius 2 is 1.47 bits per heavy atom. The van der Waals surface area contributed by atoms with Gasteiger partial charge in [0.1, 0.15) is 18.4 Å². The number of esters is 1. The normalized spacial score (nSPS) is 19.0. The van der Waals surface area contributed by atoms with Gasteiger partial charge in [0.25, 0.3) is 8.32 Å². The van der Waals surface area contributed by atoms with Crippen LogP contribution in [0.3, 0.4) is 0 Å². The number of hydrogen-bond acceptors (Lipinski definition) is 6. The standard InChI is InChI=1S/C28H39NO6Si/c1-27(2,3)35-26(31)29-20-33-21(18-24(29)25(30)32-7)19-34-36(28(4,5)6,22-14-10-8-11-15-22)23-16-12-9-13-17-23/h8-17,21,24H,18-20H2,1-7H3/t21-,24+/m1/s1. The van der Waals surface area contributed by atoms with E-state index in [2.05, 4.69) is 45.0 Å². The number of rotatable bonds is 6. The molecule has 0 spiro atoms. The Morgan fingerprint density at radius 3 is 1.92 bits per heavy atom. The highest BCUT2D eigenvalue weighted by Gasteiger charge is 2.51. The van der Waals surface area contributed by atoms with Crippen LogP contribution in [0.1, 0.15) is 48.0 Å². The molecule has 8 heteroatoms. The van der Waals surface area contributed by atoms with Gasteiger partial charge in [-0.3, -0.25) is 4.90 Å². The molecule has 2 aromatic carbocycles. The van der Waals surface area contributed by atoms with Crippen LogP contribution in [0.25, 0.3) is 0 Å². The van der Waals surface area contributed by atoms with Gasteiger partial charge in [0.15, 0.2) is 0 Å². The van der Waals surface area contributed by atoms with Crippen molar-refractivity contribution in [3.8, 4) is 0 Å². The fourth-order valence-corrected chi connectivity index (χ4v) is 9.27. The van der Waals surface area contributed by atoms with Gasteiger partial charge in [0, 0.05) is 6.42 Å². The average molecular weight is 514 g/mol. The minimum atomic E-state index is -2.76. The lowest BCUT2D eigenvalue weighted by atomic mass is 10.1. The zero-order valence-corrected chi connectivity index (χ0v) is 23.4. The van der Waals surface area contributed by atoms with Crippen molar-refractivity contribution in [3.05, 3.63) is 60.7 Å². The van der Waals surface area contributed by atoms with E-state index in [4.69, 9.17) is 18.6 Å². The van der Waals surface area contributed by atoms with Crippen molar-refractivity contribution in [2.24, 2.45) is 0 Å². The predicted molar refractivity (Wildman–Crippen MR) is 142 cm³/mol. The van der Waals surface area contributed by atoms with E-state index in [0.717, 1.165) is 0 Å². The number of benzene rings is 2. The summed E-state index contributed by atoms with van der Waals surface area (Å²) in [6, 6.07) is 19.9. The highest BCUT2D eigenvalue weighted by Crippen LogP contribution is 2.37. The van der Waals surface area contributed by atoms with Crippen LogP contribution in [-0.4, -0.2) is 63.5 Å². The molecule has 1 fully saturated rings. The van der Waals surface area contributed by atoms with Crippen LogP contribution in [0.4, 0.5) is 4.79 Å². The van der Waals surface area contributed by atoms with Gasteiger partial charge in [-0.2, -0.15) is 0 Å². The number of hydrogen-bond donors (Lipinski definition) is 0. The third kappa shape index (κ3) is 6.17. The van der Waals surface area contributed by atoms with Gasteiger partial charge in [-0.05, 0) is 36.2 Å². The van der Waals surface area contributed by atoms with Crippen molar-refractivity contribution < 1.29 is 28.2 Å². The average Bonchev–Trinajstić information content (AvgIpc) is 2.83. The van der Waals surface area contributed by atoms with Crippen LogP contribution in [0.15, 0.2) is 60.7 Å². The first-order valence-electron chi connectivity index (χ1n) is 12.3. The van der Waals surface area contributed by atoms with Crippen LogP contribution < -0.4 is 10.4 Å². The van der Waals surface area contributed by atoms with Gasteiger partial charge < -0.3 is 18.6 Å². The number of carbonyl (C=O) groups excluding carboxylic acids is 2. The molecule has 0 unspecified atom stereocenters. The summed E-state index contributed by atoms with van der Waals surface area (Å²) >= 11 is 0. The zero-order valence-electron chi connectivity index (χ0n) is 22.4. The molecule has 0 aliphatic carbocycles. The van der Waals surface area contributed by atoms with Gasteiger partial charge in [-0.15, -0.1) is 0 Å². The fraction of sp³-hybridized carbons (Fsp3) is 0.500. The molecule has 1 aliphatic rings. The van der Waals surface area contributed by atoms with Gasteiger partial charge in [-0.25, -0.2) is 9.59 Å². The van der Waals surface area contributed by atoms with Gasteiger partial charge in [0.2, 0.25) is 0 Å². The van der Waals surface area contributed by atoms with E-state index in [1.807, 2.05) is 36.4 Å². The van der Waals surface area contributed by atoms with Crippen molar-refractivity contribution in [1.29, 1.82) is 0 Å². The first-order valence-corrected chi connectivity index (χ1v) is 14.2. The molecule has 2 aromatic rings. The molecule has 1 amide bonds. The highest BCUT2D eigenvalue weighted by atomic mass is 28.4. The third-order valence-electron chi connectivity index (χ3n) is 6.32. The maximum atomic E-state index is 12.8. The number of methoxy groups -OCH3 is 1. The summed E-state index contributed by atoms with van der Waals surface area (Å²) in [5.41, 5.74) is -0.693. The molecule has 1 heterocycles. The Morgan fingerprint density at radius 1 is 0.944 bits per heavy atom. The summed E-state index contributed by atoms with van der Waals surface area (Å²) < 4.78 is 23.5. The lowest BCUT2D eigenvalue weighted by Gasteiger charge is -2.44. The summed E-state index contributed by atoms with van der Waals surface area (Å²) in [5, 5.41) is 2.15. The quantitative estimate of drug-likeness (QED) is 0.428. The molecule has 36 heavy (non-hydrogen) atoms. The van der Waals surface area contributed by atoms with E-state index in [0.29, 0.717) is 0 Å². The third-order valence-corrected chi connectivity index (χ3v) is 11.3. The number of nitrogens with zero attached hydrogens (tertiary/aromatic N) is 1. The number of amides is 1. The highest BCUT2D eigenvalue weighted by molar-refractivity contribution is 6.99. The molecule has 0 N–H and O–H groups in total. The van der Waals surface area contributed by atoms with Crippen molar-refractivity contribution in [3.63, 3.8) is 0 Å². The molecule has 1 saturated heterocycles. The molecule has 0 saturated carbocycles. The Balaban J connectivity index is 1.89. The minimum Gasteiger partial charge on any atom is -0.467 e. The second kappa shape index (κ2) is 11.1. The van der Waals surface area contributed by atoms with Gasteiger partial charge in [0.05, 0.1) is 19.8 Å². The van der Waals surface area contributed by atoms with Crippen molar-refractivity contribution >= 4 is 30.8 Å². The molecule has 1 aliphatic heterocycles. The van der Waals surface area contributed by atoms with E-state index in [1.165, 1.54) is 22.4 Å². The predicted octanol–water partition coefficient (Wildman–Crippen LogP) is 4.09. The lowest BCUT2D eigenvalue weighted by Crippen LogP contribution is -2.67. The van der Waals surface area contributed by atoms with Crippen molar-refractivity contribution in [2.75, 3.05) is 20.4 Å². The summed E-state index contributed by atoms with van der Waals surface area (Å²) in [6.45, 7) is 12.2. The molecule has 2 atom stereocenters. The molecule has 0 bridgehead atoms. The second-order valence-corrected chi connectivity index (χ2v) is 15.4. The smallest absolute Gasteiger partial charge is 0.412 e. The van der Waals surface area contributed by atoms with Crippen molar-refractivity contribution in [1.82, 2.24) is 4.90 Å². The largest absolute Gasteiger partial charge is 0.467 e. The molecule has 0 aromatic heterocycles. The Bertz CT molecular complexity index is 976. The minimum absolute atomic E-state index is 0.0799. The van der Waals surface area contributed by atoms with Crippen LogP contribution in [0.2, 0.25) is 5.04 Å². The number of carbonyl (C=O) groups is 2. The van der Waals surface area contributed by atoms with E-state index in [1.54, 1.807) is 20.8 Å². The van der Waals surface area contributed by atoms with Gasteiger partial charge in [-0.1, -0.05) is 81.4 Å². The monoisotopic (exact) mass is 513 g/mol. The van der Waals surface area contributed by atoms with E-state index < -0.39 is 38.1 Å². The summed E-state index contributed by atoms with van der Waals surface area (Å²) in [7, 11) is -1.44. The topological polar surface area (TPSA) is 74.3 Å². The van der Waals surface area contributed by atoms with E-state index >= 15 is 0 Å². The Hall–Kier alpha value is -2.68. The molecular formula is C28H39NO6Si. The van der Waals surface area contributed by atoms with Crippen LogP contribution in [-0.2, 0) is 23.4 Å². The maximum Gasteiger partial charge on any atom is 0.412 e. The number of ether oxygens (including phenoxy) is 3. The maximum absolute atomic E-state index is 12.8. The fourth-order valence-electron chi connectivity index (χ4n) is 4.68. The first kappa shape index (κ1) is 27.9.